The van der Waals surface area contributed by atoms with E-state index in [0.29, 0.717) is 12.3 Å². The zero-order chi connectivity index (χ0) is 9.35. The van der Waals surface area contributed by atoms with Crippen LogP contribution >= 0.6 is 11.6 Å². The van der Waals surface area contributed by atoms with Crippen LogP contribution in [0.4, 0.5) is 4.39 Å². The van der Waals surface area contributed by atoms with Gasteiger partial charge in [-0.3, -0.25) is 4.79 Å². The average molecular weight is 194 g/mol. The van der Waals surface area contributed by atoms with Crippen molar-refractivity contribution in [3.63, 3.8) is 0 Å². The number of carbonyl (C=O) groups excluding carboxylic acids is 1. The second-order valence-corrected chi connectivity index (χ2v) is 3.93. The van der Waals surface area contributed by atoms with Crippen molar-refractivity contribution in [2.75, 3.05) is 5.88 Å². The summed E-state index contributed by atoms with van der Waals surface area (Å²) in [6.45, 7) is 3.43. The lowest BCUT2D eigenvalue weighted by molar-refractivity contribution is -0.126. The fourth-order valence-electron chi connectivity index (χ4n) is 0.976. The van der Waals surface area contributed by atoms with Gasteiger partial charge in [0.05, 0.1) is 5.41 Å². The molecule has 0 aromatic rings. The Labute approximate surface area is 76.5 Å². The highest BCUT2D eigenvalue weighted by Gasteiger charge is 2.57. The molecule has 1 saturated carbocycles. The fraction of sp³-hybridized carbons (Fsp3) is 0.875. The molecule has 1 fully saturated rings. The summed E-state index contributed by atoms with van der Waals surface area (Å²) in [7, 11) is 0. The molecule has 0 bridgehead atoms. The minimum absolute atomic E-state index is 0.0798. The Bertz CT molecular complexity index is 199. The molecule has 3 atom stereocenters. The van der Waals surface area contributed by atoms with Crippen molar-refractivity contribution in [3.05, 3.63) is 0 Å². The maximum atomic E-state index is 12.7. The molecule has 3 unspecified atom stereocenters. The summed E-state index contributed by atoms with van der Waals surface area (Å²) in [5.41, 5.74) is -0.777. The van der Waals surface area contributed by atoms with Gasteiger partial charge in [0.15, 0.2) is 0 Å². The standard InChI is InChI=1S/C8H13ClFNO/c1-5(4-9)11-7(12)8(2)3-6(8)10/h5-6H,3-4H2,1-2H3,(H,11,12). The molecule has 0 spiro atoms. The first-order valence-electron chi connectivity index (χ1n) is 4.01. The lowest BCUT2D eigenvalue weighted by Gasteiger charge is -2.14. The van der Waals surface area contributed by atoms with Gasteiger partial charge in [0, 0.05) is 11.9 Å². The van der Waals surface area contributed by atoms with Crippen molar-refractivity contribution >= 4 is 17.5 Å². The van der Waals surface area contributed by atoms with Crippen molar-refractivity contribution in [1.29, 1.82) is 0 Å². The van der Waals surface area contributed by atoms with Crippen LogP contribution in [0, 0.1) is 5.41 Å². The molecule has 1 amide bonds. The Kier molecular flexibility index (Phi) is 2.61. The molecule has 0 radical (unpaired) electrons. The lowest BCUT2D eigenvalue weighted by atomic mass is 10.1. The van der Waals surface area contributed by atoms with Crippen LogP contribution in [0.2, 0.25) is 0 Å². The lowest BCUT2D eigenvalue weighted by Crippen LogP contribution is -2.39. The molecule has 1 N–H and O–H groups in total. The van der Waals surface area contributed by atoms with E-state index in [1.807, 2.05) is 0 Å². The van der Waals surface area contributed by atoms with Crippen LogP contribution < -0.4 is 5.32 Å². The summed E-state index contributed by atoms with van der Waals surface area (Å²) in [4.78, 5) is 11.3. The second kappa shape index (κ2) is 3.21. The van der Waals surface area contributed by atoms with E-state index in [4.69, 9.17) is 11.6 Å². The number of rotatable bonds is 3. The maximum Gasteiger partial charge on any atom is 0.229 e. The Morgan fingerprint density at radius 2 is 2.42 bits per heavy atom. The normalized spacial score (nSPS) is 35.8. The van der Waals surface area contributed by atoms with Gasteiger partial charge < -0.3 is 5.32 Å². The van der Waals surface area contributed by atoms with Crippen LogP contribution in [0.1, 0.15) is 20.3 Å². The van der Waals surface area contributed by atoms with Crippen molar-refractivity contribution in [2.24, 2.45) is 5.41 Å². The SMILES string of the molecule is CC(CCl)NC(=O)C1(C)CC1F. The number of amides is 1. The van der Waals surface area contributed by atoms with E-state index in [-0.39, 0.29) is 11.9 Å². The Morgan fingerprint density at radius 3 is 2.75 bits per heavy atom. The van der Waals surface area contributed by atoms with Crippen LogP contribution in [0.25, 0.3) is 0 Å². The number of alkyl halides is 2. The molecule has 70 valence electrons. The Hall–Kier alpha value is -0.310. The molecule has 12 heavy (non-hydrogen) atoms. The molecule has 4 heteroatoms. The molecule has 0 aromatic carbocycles. The van der Waals surface area contributed by atoms with Gasteiger partial charge in [-0.25, -0.2) is 4.39 Å². The first-order valence-corrected chi connectivity index (χ1v) is 4.55. The molecule has 1 aliphatic rings. The zero-order valence-electron chi connectivity index (χ0n) is 7.23. The van der Waals surface area contributed by atoms with Gasteiger partial charge in [0.25, 0.3) is 0 Å². The van der Waals surface area contributed by atoms with E-state index in [9.17, 15) is 9.18 Å². The van der Waals surface area contributed by atoms with Crippen molar-refractivity contribution in [1.82, 2.24) is 5.32 Å². The molecule has 2 nitrogen and oxygen atoms in total. The van der Waals surface area contributed by atoms with E-state index < -0.39 is 11.6 Å². The highest BCUT2D eigenvalue weighted by Crippen LogP contribution is 2.48. The van der Waals surface area contributed by atoms with Gasteiger partial charge in [0.2, 0.25) is 5.91 Å². The van der Waals surface area contributed by atoms with Crippen LogP contribution in [0.15, 0.2) is 0 Å². The maximum absolute atomic E-state index is 12.7. The van der Waals surface area contributed by atoms with Crippen LogP contribution in [-0.4, -0.2) is 24.0 Å². The van der Waals surface area contributed by atoms with E-state index in [0.717, 1.165) is 0 Å². The predicted molar refractivity (Wildman–Crippen MR) is 45.9 cm³/mol. The average Bonchev–Trinajstić information content (AvgIpc) is 2.61. The predicted octanol–water partition coefficient (Wildman–Crippen LogP) is 1.48. The van der Waals surface area contributed by atoms with Gasteiger partial charge in [-0.15, -0.1) is 11.6 Å². The number of hydrogen-bond acceptors (Lipinski definition) is 1. The monoisotopic (exact) mass is 193 g/mol. The Balaban J connectivity index is 2.40. The number of hydrogen-bond donors (Lipinski definition) is 1. The van der Waals surface area contributed by atoms with Gasteiger partial charge in [0.1, 0.15) is 6.17 Å². The highest BCUT2D eigenvalue weighted by atomic mass is 35.5. The van der Waals surface area contributed by atoms with Crippen molar-refractivity contribution in [2.45, 2.75) is 32.5 Å². The van der Waals surface area contributed by atoms with Gasteiger partial charge >= 0.3 is 0 Å². The number of nitrogens with one attached hydrogen (secondary N) is 1. The molecule has 0 aromatic heterocycles. The van der Waals surface area contributed by atoms with E-state index in [1.165, 1.54) is 0 Å². The van der Waals surface area contributed by atoms with Gasteiger partial charge in [-0.1, -0.05) is 0 Å². The van der Waals surface area contributed by atoms with Gasteiger partial charge in [-0.2, -0.15) is 0 Å². The van der Waals surface area contributed by atoms with E-state index >= 15 is 0 Å². The summed E-state index contributed by atoms with van der Waals surface area (Å²) in [6, 6.07) is -0.0798. The first kappa shape index (κ1) is 9.78. The largest absolute Gasteiger partial charge is 0.352 e. The first-order chi connectivity index (χ1) is 5.50. The summed E-state index contributed by atoms with van der Waals surface area (Å²) < 4.78 is 12.7. The van der Waals surface area contributed by atoms with Crippen molar-refractivity contribution < 1.29 is 9.18 Å². The topological polar surface area (TPSA) is 29.1 Å². The van der Waals surface area contributed by atoms with Crippen LogP contribution in [0.5, 0.6) is 0 Å². The summed E-state index contributed by atoms with van der Waals surface area (Å²) in [5, 5.41) is 2.65. The van der Waals surface area contributed by atoms with E-state index in [2.05, 4.69) is 5.32 Å². The second-order valence-electron chi connectivity index (χ2n) is 3.62. The van der Waals surface area contributed by atoms with Crippen LogP contribution in [-0.2, 0) is 4.79 Å². The van der Waals surface area contributed by atoms with Crippen molar-refractivity contribution in [3.8, 4) is 0 Å². The number of carbonyl (C=O) groups is 1. The molecular formula is C8H13ClFNO. The minimum atomic E-state index is -0.972. The number of halogens is 2. The zero-order valence-corrected chi connectivity index (χ0v) is 7.99. The quantitative estimate of drug-likeness (QED) is 0.676. The molecule has 0 heterocycles. The molecule has 1 aliphatic carbocycles. The molecular weight excluding hydrogens is 181 g/mol. The Morgan fingerprint density at radius 1 is 1.92 bits per heavy atom. The summed E-state index contributed by atoms with van der Waals surface area (Å²) in [5.74, 6) is 0.141. The fourth-order valence-corrected chi connectivity index (χ4v) is 1.05. The third kappa shape index (κ3) is 1.71. The van der Waals surface area contributed by atoms with E-state index in [1.54, 1.807) is 13.8 Å². The third-order valence-electron chi connectivity index (χ3n) is 2.26. The molecule has 0 aliphatic heterocycles. The summed E-state index contributed by atoms with van der Waals surface area (Å²) in [6.07, 6.45) is -0.631. The molecule has 0 saturated heterocycles. The third-order valence-corrected chi connectivity index (χ3v) is 2.73. The molecule has 1 rings (SSSR count). The summed E-state index contributed by atoms with van der Waals surface area (Å²) >= 11 is 5.49. The van der Waals surface area contributed by atoms with Crippen LogP contribution in [0.3, 0.4) is 0 Å². The highest BCUT2D eigenvalue weighted by molar-refractivity contribution is 6.18. The minimum Gasteiger partial charge on any atom is -0.352 e. The smallest absolute Gasteiger partial charge is 0.229 e. The van der Waals surface area contributed by atoms with Gasteiger partial charge in [-0.05, 0) is 20.3 Å².